The van der Waals surface area contributed by atoms with Crippen LogP contribution in [-0.4, -0.2) is 104 Å². The summed E-state index contributed by atoms with van der Waals surface area (Å²) < 4.78 is 11.1. The Morgan fingerprint density at radius 1 is 1.00 bits per heavy atom. The molecular formula is C34H46N4O6. The van der Waals surface area contributed by atoms with Crippen LogP contribution in [0, 0.1) is 5.92 Å². The SMILES string of the molecule is CCCCN(CCCCN(C)C)C(=O)CN1C[C@H](c2ccc3c(c2)OCO3)[C@@H](C(=O)O)[C@@H]1CCN1C(=O)Cc2ccccc21. The van der Waals surface area contributed by atoms with Crippen LogP contribution < -0.4 is 14.4 Å². The van der Waals surface area contributed by atoms with Gasteiger partial charge in [-0.25, -0.2) is 0 Å². The highest BCUT2D eigenvalue weighted by molar-refractivity contribution is 6.01. The molecule has 1 saturated heterocycles. The minimum atomic E-state index is -0.896. The number of ether oxygens (including phenoxy) is 2. The molecule has 10 nitrogen and oxygen atoms in total. The van der Waals surface area contributed by atoms with Crippen LogP contribution in [-0.2, 0) is 20.8 Å². The molecule has 0 aromatic heterocycles. The maximum atomic E-state index is 13.9. The van der Waals surface area contributed by atoms with Crippen molar-refractivity contribution in [3.05, 3.63) is 53.6 Å². The zero-order valence-electron chi connectivity index (χ0n) is 26.2. The van der Waals surface area contributed by atoms with Crippen molar-refractivity contribution in [3.63, 3.8) is 0 Å². The van der Waals surface area contributed by atoms with Crippen molar-refractivity contribution in [2.45, 2.75) is 57.4 Å². The second kappa shape index (κ2) is 14.4. The lowest BCUT2D eigenvalue weighted by atomic mass is 9.84. The second-order valence-electron chi connectivity index (χ2n) is 12.5. The van der Waals surface area contributed by atoms with Crippen LogP contribution in [0.5, 0.6) is 11.5 Å². The number of para-hydroxylation sites is 1. The van der Waals surface area contributed by atoms with Gasteiger partial charge in [0, 0.05) is 43.8 Å². The Bertz CT molecular complexity index is 1330. The van der Waals surface area contributed by atoms with E-state index >= 15 is 0 Å². The average Bonchev–Trinajstić information content (AvgIpc) is 3.70. The van der Waals surface area contributed by atoms with Crippen molar-refractivity contribution in [1.29, 1.82) is 0 Å². The van der Waals surface area contributed by atoms with Crippen molar-refractivity contribution in [1.82, 2.24) is 14.7 Å². The normalized spacial score (nSPS) is 20.9. The van der Waals surface area contributed by atoms with Gasteiger partial charge in [-0.15, -0.1) is 0 Å². The van der Waals surface area contributed by atoms with E-state index in [4.69, 9.17) is 9.47 Å². The fourth-order valence-corrected chi connectivity index (χ4v) is 6.87. The van der Waals surface area contributed by atoms with E-state index in [0.29, 0.717) is 50.5 Å². The van der Waals surface area contributed by atoms with Crippen LogP contribution in [0.15, 0.2) is 42.5 Å². The monoisotopic (exact) mass is 606 g/mol. The lowest BCUT2D eigenvalue weighted by Gasteiger charge is -2.31. The second-order valence-corrected chi connectivity index (χ2v) is 12.5. The molecule has 5 rings (SSSR count). The van der Waals surface area contributed by atoms with Crippen LogP contribution in [0.25, 0.3) is 0 Å². The van der Waals surface area contributed by atoms with Crippen molar-refractivity contribution in [2.24, 2.45) is 5.92 Å². The molecular weight excluding hydrogens is 560 g/mol. The zero-order chi connectivity index (χ0) is 31.2. The lowest BCUT2D eigenvalue weighted by Crippen LogP contribution is -2.46. The first-order chi connectivity index (χ1) is 21.3. The van der Waals surface area contributed by atoms with Gasteiger partial charge in [0.05, 0.1) is 18.9 Å². The van der Waals surface area contributed by atoms with Crippen molar-refractivity contribution in [2.75, 3.05) is 65.1 Å². The summed E-state index contributed by atoms with van der Waals surface area (Å²) in [6.45, 7) is 5.60. The molecule has 238 valence electrons. The lowest BCUT2D eigenvalue weighted by molar-refractivity contribution is -0.143. The number of amides is 2. The number of fused-ring (bicyclic) bond motifs is 2. The Balaban J connectivity index is 1.38. The third-order valence-corrected chi connectivity index (χ3v) is 9.19. The van der Waals surface area contributed by atoms with E-state index in [-0.39, 0.29) is 31.1 Å². The van der Waals surface area contributed by atoms with Crippen LogP contribution in [0.4, 0.5) is 5.69 Å². The number of unbranched alkanes of at least 4 members (excludes halogenated alkanes) is 2. The quantitative estimate of drug-likeness (QED) is 0.305. The van der Waals surface area contributed by atoms with E-state index < -0.39 is 17.9 Å². The first-order valence-corrected chi connectivity index (χ1v) is 15.9. The number of hydrogen-bond acceptors (Lipinski definition) is 7. The van der Waals surface area contributed by atoms with E-state index in [0.717, 1.165) is 49.0 Å². The Morgan fingerprint density at radius 2 is 1.75 bits per heavy atom. The minimum Gasteiger partial charge on any atom is -0.481 e. The maximum absolute atomic E-state index is 13.9. The topological polar surface area (TPSA) is 103 Å². The number of carboxylic acid groups (broad SMARTS) is 1. The number of likely N-dealkylation sites (tertiary alicyclic amines) is 1. The standard InChI is InChI=1S/C34H46N4O6/c1-4-5-16-36(17-9-8-15-35(2)3)32(40)22-37-21-26(24-12-13-29-30(19-24)44-23-43-29)33(34(41)42)28(37)14-18-38-27-11-7-6-10-25(27)20-31(38)39/h6-7,10-13,19,26,28,33H,4-5,8-9,14-18,20-23H2,1-3H3,(H,41,42)/t26-,28+,33-/m1/s1. The molecule has 0 bridgehead atoms. The number of carbonyl (C=O) groups excluding carboxylic acids is 2. The molecule has 2 aromatic rings. The van der Waals surface area contributed by atoms with Gasteiger partial charge < -0.3 is 29.3 Å². The summed E-state index contributed by atoms with van der Waals surface area (Å²) in [5.41, 5.74) is 2.74. The van der Waals surface area contributed by atoms with Crippen LogP contribution >= 0.6 is 0 Å². The number of carboxylic acids is 1. The summed E-state index contributed by atoms with van der Waals surface area (Å²) in [6.07, 6.45) is 4.65. The fraction of sp³-hybridized carbons (Fsp3) is 0.559. The summed E-state index contributed by atoms with van der Waals surface area (Å²) in [5.74, 6) is -0.673. The minimum absolute atomic E-state index is 0.0227. The number of benzene rings is 2. The summed E-state index contributed by atoms with van der Waals surface area (Å²) in [5, 5.41) is 10.6. The van der Waals surface area contributed by atoms with E-state index in [9.17, 15) is 19.5 Å². The molecule has 0 spiro atoms. The first-order valence-electron chi connectivity index (χ1n) is 15.9. The van der Waals surface area contributed by atoms with Crippen LogP contribution in [0.2, 0.25) is 0 Å². The Labute approximate surface area is 260 Å². The number of anilines is 1. The van der Waals surface area contributed by atoms with Gasteiger partial charge >= 0.3 is 5.97 Å². The molecule has 3 aliphatic rings. The molecule has 0 saturated carbocycles. The number of aliphatic carboxylic acids is 1. The molecule has 1 N–H and O–H groups in total. The summed E-state index contributed by atoms with van der Waals surface area (Å²) in [6, 6.07) is 13.0. The van der Waals surface area contributed by atoms with E-state index in [1.54, 1.807) is 4.90 Å². The summed E-state index contributed by atoms with van der Waals surface area (Å²) in [4.78, 5) is 47.7. The van der Waals surface area contributed by atoms with Gasteiger partial charge in [-0.05, 0) is 75.6 Å². The van der Waals surface area contributed by atoms with Crippen molar-refractivity contribution >= 4 is 23.5 Å². The fourth-order valence-electron chi connectivity index (χ4n) is 6.87. The van der Waals surface area contributed by atoms with Crippen molar-refractivity contribution in [3.8, 4) is 11.5 Å². The van der Waals surface area contributed by atoms with Crippen molar-refractivity contribution < 1.29 is 29.0 Å². The smallest absolute Gasteiger partial charge is 0.308 e. The van der Waals surface area contributed by atoms with E-state index in [2.05, 4.69) is 30.8 Å². The summed E-state index contributed by atoms with van der Waals surface area (Å²) in [7, 11) is 4.11. The summed E-state index contributed by atoms with van der Waals surface area (Å²) >= 11 is 0. The van der Waals surface area contributed by atoms with Gasteiger partial charge in [0.2, 0.25) is 18.6 Å². The first kappa shape index (κ1) is 31.8. The average molecular weight is 607 g/mol. The predicted octanol–water partition coefficient (Wildman–Crippen LogP) is 3.83. The molecule has 0 radical (unpaired) electrons. The molecule has 1 fully saturated rings. The predicted molar refractivity (Wildman–Crippen MR) is 168 cm³/mol. The van der Waals surface area contributed by atoms with Gasteiger partial charge in [0.15, 0.2) is 11.5 Å². The number of nitrogens with zero attached hydrogens (tertiary/aromatic N) is 4. The molecule has 44 heavy (non-hydrogen) atoms. The molecule has 3 heterocycles. The largest absolute Gasteiger partial charge is 0.481 e. The molecule has 2 amide bonds. The van der Waals surface area contributed by atoms with Gasteiger partial charge in [-0.1, -0.05) is 37.6 Å². The van der Waals surface area contributed by atoms with Gasteiger partial charge in [-0.2, -0.15) is 0 Å². The maximum Gasteiger partial charge on any atom is 0.308 e. The highest BCUT2D eigenvalue weighted by Gasteiger charge is 2.47. The molecule has 3 aliphatic heterocycles. The van der Waals surface area contributed by atoms with Crippen LogP contribution in [0.1, 0.15) is 56.1 Å². The highest BCUT2D eigenvalue weighted by Crippen LogP contribution is 2.43. The van der Waals surface area contributed by atoms with E-state index in [1.807, 2.05) is 47.4 Å². The third-order valence-electron chi connectivity index (χ3n) is 9.19. The Kier molecular flexibility index (Phi) is 10.4. The Hall–Kier alpha value is -3.63. The van der Waals surface area contributed by atoms with E-state index in [1.165, 1.54) is 0 Å². The highest BCUT2D eigenvalue weighted by atomic mass is 16.7. The molecule has 0 aliphatic carbocycles. The molecule has 3 atom stereocenters. The molecule has 2 aromatic carbocycles. The van der Waals surface area contributed by atoms with Gasteiger partial charge in [0.1, 0.15) is 0 Å². The molecule has 0 unspecified atom stereocenters. The Morgan fingerprint density at radius 3 is 2.52 bits per heavy atom. The zero-order valence-corrected chi connectivity index (χ0v) is 26.2. The number of carbonyl (C=O) groups is 3. The molecule has 10 heteroatoms. The number of rotatable bonds is 15. The number of hydrogen-bond donors (Lipinski definition) is 1. The van der Waals surface area contributed by atoms with Gasteiger partial charge in [-0.3, -0.25) is 19.3 Å². The van der Waals surface area contributed by atoms with Gasteiger partial charge in [0.25, 0.3) is 0 Å². The van der Waals surface area contributed by atoms with Crippen LogP contribution in [0.3, 0.4) is 0 Å². The third kappa shape index (κ3) is 7.18.